The summed E-state index contributed by atoms with van der Waals surface area (Å²) in [5, 5.41) is 13.7. The SMILES string of the molecule is Cc1cc(NC(=O)[C@@H](C)Sc2nncs2)no1. The minimum absolute atomic E-state index is 0.140. The molecule has 0 saturated carbocycles. The van der Waals surface area contributed by atoms with E-state index in [1.54, 1.807) is 25.4 Å². The first-order valence-corrected chi connectivity index (χ1v) is 6.58. The number of thioether (sulfide) groups is 1. The van der Waals surface area contributed by atoms with Crippen molar-refractivity contribution in [3.63, 3.8) is 0 Å². The maximum atomic E-state index is 11.8. The first-order valence-electron chi connectivity index (χ1n) is 4.82. The monoisotopic (exact) mass is 270 g/mol. The van der Waals surface area contributed by atoms with Crippen LogP contribution in [0.15, 0.2) is 20.4 Å². The number of aromatic nitrogens is 3. The van der Waals surface area contributed by atoms with E-state index in [0.29, 0.717) is 11.6 Å². The van der Waals surface area contributed by atoms with Gasteiger partial charge in [0.2, 0.25) is 5.91 Å². The van der Waals surface area contributed by atoms with Crippen LogP contribution in [0.1, 0.15) is 12.7 Å². The highest BCUT2D eigenvalue weighted by Gasteiger charge is 2.17. The van der Waals surface area contributed by atoms with Gasteiger partial charge in [-0.2, -0.15) is 0 Å². The number of rotatable bonds is 4. The van der Waals surface area contributed by atoms with Gasteiger partial charge in [-0.1, -0.05) is 28.3 Å². The molecule has 2 rings (SSSR count). The van der Waals surface area contributed by atoms with E-state index in [4.69, 9.17) is 4.52 Å². The van der Waals surface area contributed by atoms with Gasteiger partial charge in [0.25, 0.3) is 0 Å². The van der Waals surface area contributed by atoms with Crippen molar-refractivity contribution in [2.24, 2.45) is 0 Å². The lowest BCUT2D eigenvalue weighted by atomic mass is 10.4. The zero-order chi connectivity index (χ0) is 12.3. The largest absolute Gasteiger partial charge is 0.360 e. The number of nitrogens with one attached hydrogen (secondary N) is 1. The van der Waals surface area contributed by atoms with E-state index in [2.05, 4.69) is 20.7 Å². The average molecular weight is 270 g/mol. The summed E-state index contributed by atoms with van der Waals surface area (Å²) >= 11 is 2.76. The topological polar surface area (TPSA) is 80.9 Å². The summed E-state index contributed by atoms with van der Waals surface area (Å²) in [5.74, 6) is 0.945. The lowest BCUT2D eigenvalue weighted by Gasteiger charge is -2.07. The Morgan fingerprint density at radius 2 is 2.47 bits per heavy atom. The smallest absolute Gasteiger partial charge is 0.238 e. The molecule has 0 bridgehead atoms. The number of carbonyl (C=O) groups excluding carboxylic acids is 1. The number of anilines is 1. The van der Waals surface area contributed by atoms with Gasteiger partial charge >= 0.3 is 0 Å². The highest BCUT2D eigenvalue weighted by molar-refractivity contribution is 8.02. The molecule has 1 atom stereocenters. The van der Waals surface area contributed by atoms with Gasteiger partial charge in [0.1, 0.15) is 11.3 Å². The standard InChI is InChI=1S/C9H10N4O2S2/c1-5-3-7(13-15-5)11-8(14)6(2)17-9-12-10-4-16-9/h3-4,6H,1-2H3,(H,11,13,14)/t6-/m1/s1. The number of carbonyl (C=O) groups is 1. The highest BCUT2D eigenvalue weighted by atomic mass is 32.2. The fourth-order valence-corrected chi connectivity index (χ4v) is 2.70. The molecule has 0 aliphatic rings. The van der Waals surface area contributed by atoms with Crippen LogP contribution in [0.2, 0.25) is 0 Å². The molecule has 0 aromatic carbocycles. The molecule has 90 valence electrons. The first-order chi connectivity index (χ1) is 8.15. The predicted octanol–water partition coefficient (Wildman–Crippen LogP) is 1.95. The zero-order valence-corrected chi connectivity index (χ0v) is 10.8. The molecule has 0 aliphatic carbocycles. The van der Waals surface area contributed by atoms with Gasteiger partial charge in [0.15, 0.2) is 10.2 Å². The Kier molecular flexibility index (Phi) is 3.75. The van der Waals surface area contributed by atoms with Gasteiger partial charge in [-0.3, -0.25) is 4.79 Å². The lowest BCUT2D eigenvalue weighted by molar-refractivity contribution is -0.115. The molecule has 2 aromatic heterocycles. The van der Waals surface area contributed by atoms with Gasteiger partial charge in [-0.15, -0.1) is 10.2 Å². The summed E-state index contributed by atoms with van der Waals surface area (Å²) in [6.45, 7) is 3.57. The Balaban J connectivity index is 1.91. The van der Waals surface area contributed by atoms with Crippen LogP contribution < -0.4 is 5.32 Å². The Morgan fingerprint density at radius 3 is 3.06 bits per heavy atom. The summed E-state index contributed by atoms with van der Waals surface area (Å²) in [7, 11) is 0. The summed E-state index contributed by atoms with van der Waals surface area (Å²) in [5.41, 5.74) is 1.63. The molecule has 1 amide bonds. The second-order valence-corrected chi connectivity index (χ2v) is 5.70. The van der Waals surface area contributed by atoms with Crippen molar-refractivity contribution in [2.75, 3.05) is 5.32 Å². The van der Waals surface area contributed by atoms with E-state index < -0.39 is 0 Å². The van der Waals surface area contributed by atoms with E-state index in [0.717, 1.165) is 4.34 Å². The van der Waals surface area contributed by atoms with Crippen molar-refractivity contribution >= 4 is 34.8 Å². The average Bonchev–Trinajstić information content (AvgIpc) is 2.90. The van der Waals surface area contributed by atoms with Gasteiger partial charge in [0.05, 0.1) is 5.25 Å². The fourth-order valence-electron chi connectivity index (χ4n) is 1.07. The Labute approximate surface area is 106 Å². The second-order valence-electron chi connectivity index (χ2n) is 3.28. The normalized spacial score (nSPS) is 12.4. The predicted molar refractivity (Wildman–Crippen MR) is 65.1 cm³/mol. The molecule has 0 unspecified atom stereocenters. The molecule has 0 saturated heterocycles. The van der Waals surface area contributed by atoms with Crippen molar-refractivity contribution in [1.29, 1.82) is 0 Å². The van der Waals surface area contributed by atoms with Crippen molar-refractivity contribution in [2.45, 2.75) is 23.4 Å². The maximum Gasteiger partial charge on any atom is 0.238 e. The Bertz CT molecular complexity index is 497. The van der Waals surface area contributed by atoms with Crippen LogP contribution in [-0.2, 0) is 4.79 Å². The molecule has 6 nitrogen and oxygen atoms in total. The molecule has 17 heavy (non-hydrogen) atoms. The summed E-state index contributed by atoms with van der Waals surface area (Å²) < 4.78 is 5.63. The van der Waals surface area contributed by atoms with E-state index in [9.17, 15) is 4.79 Å². The van der Waals surface area contributed by atoms with Crippen LogP contribution in [0.5, 0.6) is 0 Å². The fraction of sp³-hybridized carbons (Fsp3) is 0.333. The quantitative estimate of drug-likeness (QED) is 0.855. The minimum atomic E-state index is -0.264. The van der Waals surface area contributed by atoms with Gasteiger partial charge in [0, 0.05) is 6.07 Å². The van der Waals surface area contributed by atoms with Crippen LogP contribution in [0.3, 0.4) is 0 Å². The molecule has 0 fully saturated rings. The molecule has 8 heteroatoms. The summed E-state index contributed by atoms with van der Waals surface area (Å²) in [6.07, 6.45) is 0. The molecule has 2 aromatic rings. The maximum absolute atomic E-state index is 11.8. The van der Waals surface area contributed by atoms with Crippen LogP contribution in [-0.4, -0.2) is 26.5 Å². The molecular formula is C9H10N4O2S2. The van der Waals surface area contributed by atoms with Crippen LogP contribution in [0, 0.1) is 6.92 Å². The van der Waals surface area contributed by atoms with Crippen LogP contribution in [0.25, 0.3) is 0 Å². The first kappa shape index (κ1) is 12.1. The number of amides is 1. The summed E-state index contributed by atoms with van der Waals surface area (Å²) in [6, 6.07) is 1.67. The molecular weight excluding hydrogens is 260 g/mol. The number of aryl methyl sites for hydroxylation is 1. The molecule has 1 N–H and O–H groups in total. The van der Waals surface area contributed by atoms with E-state index in [1.807, 2.05) is 0 Å². The Morgan fingerprint density at radius 1 is 1.65 bits per heavy atom. The van der Waals surface area contributed by atoms with Crippen LogP contribution >= 0.6 is 23.1 Å². The third kappa shape index (κ3) is 3.27. The van der Waals surface area contributed by atoms with Crippen molar-refractivity contribution in [1.82, 2.24) is 15.4 Å². The number of hydrogen-bond donors (Lipinski definition) is 1. The van der Waals surface area contributed by atoms with Crippen LogP contribution in [0.4, 0.5) is 5.82 Å². The van der Waals surface area contributed by atoms with Gasteiger partial charge in [-0.25, -0.2) is 0 Å². The Hall–Kier alpha value is -1.41. The number of nitrogens with zero attached hydrogens (tertiary/aromatic N) is 3. The van der Waals surface area contributed by atoms with E-state index >= 15 is 0 Å². The van der Waals surface area contributed by atoms with Crippen molar-refractivity contribution in [3.05, 3.63) is 17.3 Å². The lowest BCUT2D eigenvalue weighted by Crippen LogP contribution is -2.22. The van der Waals surface area contributed by atoms with Gasteiger partial charge < -0.3 is 9.84 Å². The molecule has 0 spiro atoms. The van der Waals surface area contributed by atoms with E-state index in [1.165, 1.54) is 23.1 Å². The number of hydrogen-bond acceptors (Lipinski definition) is 7. The highest BCUT2D eigenvalue weighted by Crippen LogP contribution is 2.24. The molecule has 2 heterocycles. The third-order valence-corrected chi connectivity index (χ3v) is 3.78. The second kappa shape index (κ2) is 5.28. The molecule has 0 radical (unpaired) electrons. The zero-order valence-electron chi connectivity index (χ0n) is 9.21. The van der Waals surface area contributed by atoms with Crippen molar-refractivity contribution in [3.8, 4) is 0 Å². The minimum Gasteiger partial charge on any atom is -0.360 e. The third-order valence-electron chi connectivity index (χ3n) is 1.87. The van der Waals surface area contributed by atoms with E-state index in [-0.39, 0.29) is 11.2 Å². The molecule has 0 aliphatic heterocycles. The van der Waals surface area contributed by atoms with Crippen molar-refractivity contribution < 1.29 is 9.32 Å². The summed E-state index contributed by atoms with van der Waals surface area (Å²) in [4.78, 5) is 11.8. The van der Waals surface area contributed by atoms with Gasteiger partial charge in [-0.05, 0) is 13.8 Å².